The van der Waals surface area contributed by atoms with E-state index < -0.39 is 6.10 Å². The van der Waals surface area contributed by atoms with Crippen molar-refractivity contribution >= 4 is 34.4 Å². The number of carbonyl (C=O) groups is 1. The van der Waals surface area contributed by atoms with Crippen molar-refractivity contribution in [3.05, 3.63) is 91.7 Å². The summed E-state index contributed by atoms with van der Waals surface area (Å²) in [5.41, 5.74) is 5.63. The molecule has 1 atom stereocenters. The van der Waals surface area contributed by atoms with Gasteiger partial charge in [-0.1, -0.05) is 18.2 Å². The van der Waals surface area contributed by atoms with Gasteiger partial charge in [-0.2, -0.15) is 0 Å². The summed E-state index contributed by atoms with van der Waals surface area (Å²) in [6, 6.07) is 13.6. The van der Waals surface area contributed by atoms with Crippen molar-refractivity contribution in [1.82, 2.24) is 14.5 Å². The van der Waals surface area contributed by atoms with Crippen LogP contribution in [0.15, 0.2) is 59.7 Å². The normalized spacial score (nSPS) is 13.7. The van der Waals surface area contributed by atoms with Crippen molar-refractivity contribution in [2.75, 3.05) is 24.2 Å². The lowest BCUT2D eigenvalue weighted by molar-refractivity contribution is 0.103. The summed E-state index contributed by atoms with van der Waals surface area (Å²) in [4.78, 5) is 34.8. The van der Waals surface area contributed by atoms with Crippen LogP contribution in [0.25, 0.3) is 11.1 Å². The molecule has 0 spiro atoms. The van der Waals surface area contributed by atoms with Crippen LogP contribution in [0, 0.1) is 6.92 Å². The number of nitrogens with one attached hydrogen (secondary N) is 2. The SMILES string of the molecule is Cc1c(NC(=O)c2cc3c(s2)CCCC3)cccc1-c1cc(Nc2ccc(C(O)CN(C)C(C)C)cn2)c(=O)n(C)c1. The van der Waals surface area contributed by atoms with E-state index in [0.29, 0.717) is 29.7 Å². The van der Waals surface area contributed by atoms with Crippen LogP contribution in [-0.2, 0) is 19.9 Å². The van der Waals surface area contributed by atoms with E-state index in [1.165, 1.54) is 23.3 Å². The molecule has 1 aliphatic carbocycles. The van der Waals surface area contributed by atoms with E-state index in [4.69, 9.17) is 0 Å². The summed E-state index contributed by atoms with van der Waals surface area (Å²) in [5, 5.41) is 16.9. The van der Waals surface area contributed by atoms with Crippen LogP contribution in [0.5, 0.6) is 0 Å². The zero-order chi connectivity index (χ0) is 30.0. The molecule has 8 nitrogen and oxygen atoms in total. The smallest absolute Gasteiger partial charge is 0.274 e. The first-order valence-electron chi connectivity index (χ1n) is 14.5. The van der Waals surface area contributed by atoms with E-state index in [9.17, 15) is 14.7 Å². The molecular formula is C33H39N5O3S. The minimum atomic E-state index is -0.656. The number of rotatable bonds is 9. The molecule has 0 fully saturated rings. The maximum atomic E-state index is 13.2. The molecule has 1 unspecified atom stereocenters. The van der Waals surface area contributed by atoms with E-state index in [1.807, 2.05) is 50.4 Å². The Morgan fingerprint density at radius 1 is 1.14 bits per heavy atom. The van der Waals surface area contributed by atoms with Crippen molar-refractivity contribution in [3.63, 3.8) is 0 Å². The van der Waals surface area contributed by atoms with E-state index in [0.717, 1.165) is 40.1 Å². The van der Waals surface area contributed by atoms with Crippen LogP contribution in [0.1, 0.15) is 64.0 Å². The summed E-state index contributed by atoms with van der Waals surface area (Å²) in [6.45, 7) is 6.64. The molecule has 3 heterocycles. The second-order valence-corrected chi connectivity index (χ2v) is 12.5. The van der Waals surface area contributed by atoms with Gasteiger partial charge in [-0.3, -0.25) is 9.59 Å². The van der Waals surface area contributed by atoms with Gasteiger partial charge in [0.2, 0.25) is 0 Å². The van der Waals surface area contributed by atoms with Crippen LogP contribution in [0.2, 0.25) is 0 Å². The first-order chi connectivity index (χ1) is 20.1. The molecule has 1 amide bonds. The van der Waals surface area contributed by atoms with Crippen LogP contribution < -0.4 is 16.2 Å². The number of fused-ring (bicyclic) bond motifs is 1. The van der Waals surface area contributed by atoms with Crippen molar-refractivity contribution in [2.24, 2.45) is 7.05 Å². The Labute approximate surface area is 251 Å². The average molecular weight is 586 g/mol. The highest BCUT2D eigenvalue weighted by molar-refractivity contribution is 7.14. The third-order valence-corrected chi connectivity index (χ3v) is 9.31. The number of hydrogen-bond donors (Lipinski definition) is 3. The van der Waals surface area contributed by atoms with Crippen molar-refractivity contribution in [3.8, 4) is 11.1 Å². The van der Waals surface area contributed by atoms with Crippen molar-refractivity contribution in [1.29, 1.82) is 0 Å². The molecule has 0 aliphatic heterocycles. The van der Waals surface area contributed by atoms with Gasteiger partial charge < -0.3 is 25.2 Å². The van der Waals surface area contributed by atoms with Gasteiger partial charge in [0, 0.05) is 53.7 Å². The first kappa shape index (κ1) is 29.7. The van der Waals surface area contributed by atoms with Gasteiger partial charge in [-0.15, -0.1) is 11.3 Å². The summed E-state index contributed by atoms with van der Waals surface area (Å²) < 4.78 is 1.54. The molecule has 42 heavy (non-hydrogen) atoms. The van der Waals surface area contributed by atoms with Crippen LogP contribution >= 0.6 is 11.3 Å². The summed E-state index contributed by atoms with van der Waals surface area (Å²) in [6.07, 6.45) is 7.26. The average Bonchev–Trinajstić information content (AvgIpc) is 3.41. The molecule has 9 heteroatoms. The molecule has 4 aromatic rings. The molecule has 3 aromatic heterocycles. The highest BCUT2D eigenvalue weighted by atomic mass is 32.1. The van der Waals surface area contributed by atoms with E-state index in [-0.39, 0.29) is 11.5 Å². The number of aliphatic hydroxyl groups is 1. The Hall–Kier alpha value is -3.79. The highest BCUT2D eigenvalue weighted by Gasteiger charge is 2.19. The Morgan fingerprint density at radius 3 is 2.64 bits per heavy atom. The zero-order valence-corrected chi connectivity index (χ0v) is 25.7. The first-order valence-corrected chi connectivity index (χ1v) is 15.3. The minimum Gasteiger partial charge on any atom is -0.387 e. The third kappa shape index (κ3) is 6.48. The van der Waals surface area contributed by atoms with Crippen molar-refractivity contribution in [2.45, 2.75) is 58.6 Å². The molecule has 1 aliphatic rings. The molecule has 0 bridgehead atoms. The van der Waals surface area contributed by atoms with Gasteiger partial charge >= 0.3 is 0 Å². The number of amides is 1. The maximum Gasteiger partial charge on any atom is 0.274 e. The highest BCUT2D eigenvalue weighted by Crippen LogP contribution is 2.32. The number of nitrogens with zero attached hydrogens (tertiary/aromatic N) is 3. The van der Waals surface area contributed by atoms with E-state index >= 15 is 0 Å². The molecule has 3 N–H and O–H groups in total. The Kier molecular flexibility index (Phi) is 8.91. The zero-order valence-electron chi connectivity index (χ0n) is 24.9. The standard InChI is InChI=1S/C33H39N5O3S/c1-20(2)37(4)19-28(39)23-13-14-31(34-17-23)35-27-15-24(18-38(5)33(27)41)25-10-8-11-26(21(25)3)36-32(40)30-16-22-9-6-7-12-29(22)42-30/h8,10-11,13-18,20,28,39H,6-7,9,12,19H2,1-5H3,(H,34,35)(H,36,40). The lowest BCUT2D eigenvalue weighted by atomic mass is 9.99. The number of likely N-dealkylation sites (N-methyl/N-ethyl adjacent to an activating group) is 1. The summed E-state index contributed by atoms with van der Waals surface area (Å²) in [7, 11) is 3.69. The fourth-order valence-corrected chi connectivity index (χ4v) is 6.37. The van der Waals surface area contributed by atoms with E-state index in [2.05, 4.69) is 34.4 Å². The number of hydrogen-bond acceptors (Lipinski definition) is 7. The number of carbonyl (C=O) groups excluding carboxylic acids is 1. The van der Waals surface area contributed by atoms with Gasteiger partial charge in [0.25, 0.3) is 11.5 Å². The Balaban J connectivity index is 1.35. The lowest BCUT2D eigenvalue weighted by Gasteiger charge is -2.24. The topological polar surface area (TPSA) is 99.5 Å². The summed E-state index contributed by atoms with van der Waals surface area (Å²) in [5.74, 6) is 0.418. The number of aryl methyl sites for hydroxylation is 3. The van der Waals surface area contributed by atoms with Crippen molar-refractivity contribution < 1.29 is 9.90 Å². The Morgan fingerprint density at radius 2 is 1.93 bits per heavy atom. The number of pyridine rings is 2. The second kappa shape index (κ2) is 12.6. The maximum absolute atomic E-state index is 13.2. The molecule has 1 aromatic carbocycles. The third-order valence-electron chi connectivity index (χ3n) is 8.07. The largest absolute Gasteiger partial charge is 0.387 e. The van der Waals surface area contributed by atoms with Crippen LogP contribution in [0.3, 0.4) is 0 Å². The quantitative estimate of drug-likeness (QED) is 0.221. The molecule has 220 valence electrons. The summed E-state index contributed by atoms with van der Waals surface area (Å²) >= 11 is 1.60. The number of aromatic nitrogens is 2. The van der Waals surface area contributed by atoms with Gasteiger partial charge in [0.05, 0.1) is 11.0 Å². The second-order valence-electron chi connectivity index (χ2n) is 11.4. The minimum absolute atomic E-state index is 0.0899. The lowest BCUT2D eigenvalue weighted by Crippen LogP contribution is -2.30. The van der Waals surface area contributed by atoms with Gasteiger partial charge in [0.1, 0.15) is 11.5 Å². The van der Waals surface area contributed by atoms with Crippen LogP contribution in [0.4, 0.5) is 17.2 Å². The fourth-order valence-electron chi connectivity index (χ4n) is 5.22. The fraction of sp³-hybridized carbons (Fsp3) is 0.364. The van der Waals surface area contributed by atoms with Gasteiger partial charge in [-0.25, -0.2) is 4.98 Å². The van der Waals surface area contributed by atoms with Crippen LogP contribution in [-0.4, -0.2) is 45.1 Å². The number of thiophene rings is 1. The monoisotopic (exact) mass is 585 g/mol. The number of aliphatic hydroxyl groups excluding tert-OH is 1. The molecule has 5 rings (SSSR count). The van der Waals surface area contributed by atoms with Gasteiger partial charge in [-0.05, 0) is 94.5 Å². The molecule has 0 saturated heterocycles. The Bertz CT molecular complexity index is 1620. The molecule has 0 radical (unpaired) electrons. The number of anilines is 3. The van der Waals surface area contributed by atoms with Gasteiger partial charge in [0.15, 0.2) is 0 Å². The molecular weight excluding hydrogens is 546 g/mol. The number of benzene rings is 1. The predicted octanol–water partition coefficient (Wildman–Crippen LogP) is 6.07. The molecule has 0 saturated carbocycles. The van der Waals surface area contributed by atoms with E-state index in [1.54, 1.807) is 41.4 Å². The predicted molar refractivity (Wildman–Crippen MR) is 171 cm³/mol.